The fraction of sp³-hybridized carbons (Fsp3) is 0.517. The lowest BCUT2D eigenvalue weighted by atomic mass is 10.0. The van der Waals surface area contributed by atoms with E-state index in [-0.39, 0.29) is 5.91 Å². The van der Waals surface area contributed by atoms with E-state index in [4.69, 9.17) is 4.37 Å². The van der Waals surface area contributed by atoms with E-state index < -0.39 is 0 Å². The molecule has 2 saturated heterocycles. The van der Waals surface area contributed by atoms with Crippen LogP contribution in [0.15, 0.2) is 42.5 Å². The number of amides is 1. The Morgan fingerprint density at radius 2 is 1.81 bits per heavy atom. The quantitative estimate of drug-likeness (QED) is 0.479. The number of anilines is 1. The lowest BCUT2D eigenvalue weighted by Gasteiger charge is -2.35. The average molecular weight is 519 g/mol. The number of piperazine rings is 1. The van der Waals surface area contributed by atoms with Crippen molar-refractivity contribution in [3.05, 3.63) is 59.2 Å². The standard InChI is InChI=1S/C29H38N6OS/c1-31(2)25-10-12-35(20-25)28(36)21-33-18-23-8-7-22(17-24(23)19-33)9-11-32-13-15-34(16-14-32)29-26-5-3-4-6-27(26)37-30-29/h3-8,17,25H,9-16,18-21H2,1-2H3. The van der Waals surface area contributed by atoms with Crippen molar-refractivity contribution in [1.82, 2.24) is 24.0 Å². The van der Waals surface area contributed by atoms with Crippen molar-refractivity contribution in [2.45, 2.75) is 32.0 Å². The van der Waals surface area contributed by atoms with Gasteiger partial charge in [0.1, 0.15) is 5.82 Å². The van der Waals surface area contributed by atoms with E-state index in [0.29, 0.717) is 12.6 Å². The van der Waals surface area contributed by atoms with Gasteiger partial charge in [0.25, 0.3) is 0 Å². The van der Waals surface area contributed by atoms with E-state index in [0.717, 1.165) is 77.6 Å². The summed E-state index contributed by atoms with van der Waals surface area (Å²) in [4.78, 5) is 24.5. The lowest BCUT2D eigenvalue weighted by molar-refractivity contribution is -0.131. The SMILES string of the molecule is CN(C)C1CCN(C(=O)CN2Cc3ccc(CCN4CCN(c5nsc6ccccc56)CC4)cc3C2)C1. The second-order valence-electron chi connectivity index (χ2n) is 11.1. The van der Waals surface area contributed by atoms with Crippen LogP contribution < -0.4 is 4.90 Å². The van der Waals surface area contributed by atoms with Gasteiger partial charge in [-0.1, -0.05) is 30.3 Å². The van der Waals surface area contributed by atoms with Crippen LogP contribution in [0.25, 0.3) is 10.1 Å². The molecule has 1 amide bonds. The van der Waals surface area contributed by atoms with E-state index in [1.165, 1.54) is 26.8 Å². The highest BCUT2D eigenvalue weighted by Gasteiger charge is 2.30. The first-order chi connectivity index (χ1) is 18.0. The average Bonchev–Trinajstić information content (AvgIpc) is 3.65. The minimum atomic E-state index is 0.280. The van der Waals surface area contributed by atoms with Gasteiger partial charge in [0.15, 0.2) is 0 Å². The summed E-state index contributed by atoms with van der Waals surface area (Å²) in [5, 5.41) is 1.29. The highest BCUT2D eigenvalue weighted by molar-refractivity contribution is 7.13. The third kappa shape index (κ3) is 5.39. The second-order valence-corrected chi connectivity index (χ2v) is 11.9. The zero-order chi connectivity index (χ0) is 25.4. The van der Waals surface area contributed by atoms with Crippen LogP contribution in [0.5, 0.6) is 0 Å². The molecule has 0 bridgehead atoms. The van der Waals surface area contributed by atoms with Crippen LogP contribution in [0.4, 0.5) is 5.82 Å². The predicted octanol–water partition coefficient (Wildman–Crippen LogP) is 3.14. The molecule has 3 aliphatic rings. The van der Waals surface area contributed by atoms with Gasteiger partial charge >= 0.3 is 0 Å². The summed E-state index contributed by atoms with van der Waals surface area (Å²) in [7, 11) is 4.22. The topological polar surface area (TPSA) is 46.2 Å². The van der Waals surface area contributed by atoms with Gasteiger partial charge in [-0.3, -0.25) is 14.6 Å². The summed E-state index contributed by atoms with van der Waals surface area (Å²) in [6.45, 7) is 9.39. The van der Waals surface area contributed by atoms with E-state index in [1.54, 1.807) is 11.5 Å². The molecule has 196 valence electrons. The summed E-state index contributed by atoms with van der Waals surface area (Å²) in [6, 6.07) is 16.0. The Bertz CT molecular complexity index is 1250. The summed E-state index contributed by atoms with van der Waals surface area (Å²) in [5.74, 6) is 1.44. The number of fused-ring (bicyclic) bond motifs is 2. The zero-order valence-corrected chi connectivity index (χ0v) is 22.9. The molecular formula is C29H38N6OS. The maximum absolute atomic E-state index is 12.9. The largest absolute Gasteiger partial charge is 0.353 e. The van der Waals surface area contributed by atoms with Gasteiger partial charge in [0.05, 0.1) is 11.2 Å². The van der Waals surface area contributed by atoms with Crippen LogP contribution in [0.2, 0.25) is 0 Å². The Balaban J connectivity index is 0.974. The highest BCUT2D eigenvalue weighted by atomic mass is 32.1. The van der Waals surface area contributed by atoms with Crippen LogP contribution in [0.3, 0.4) is 0 Å². The Hall–Kier alpha value is -2.52. The van der Waals surface area contributed by atoms with Crippen LogP contribution in [-0.4, -0.2) is 102 Å². The van der Waals surface area contributed by atoms with Crippen LogP contribution >= 0.6 is 11.5 Å². The molecule has 6 rings (SSSR count). The number of hydrogen-bond donors (Lipinski definition) is 0. The van der Waals surface area contributed by atoms with E-state index >= 15 is 0 Å². The number of rotatable bonds is 7. The molecule has 0 aliphatic carbocycles. The molecule has 0 radical (unpaired) electrons. The Morgan fingerprint density at radius 1 is 1.00 bits per heavy atom. The van der Waals surface area contributed by atoms with E-state index in [1.807, 2.05) is 0 Å². The van der Waals surface area contributed by atoms with Gasteiger partial charge < -0.3 is 14.7 Å². The molecule has 37 heavy (non-hydrogen) atoms. The first-order valence-electron chi connectivity index (χ1n) is 13.6. The molecule has 4 heterocycles. The molecule has 1 unspecified atom stereocenters. The van der Waals surface area contributed by atoms with Gasteiger partial charge in [-0.2, -0.15) is 4.37 Å². The van der Waals surface area contributed by atoms with Crippen LogP contribution in [0, 0.1) is 0 Å². The van der Waals surface area contributed by atoms with Gasteiger partial charge in [0.2, 0.25) is 5.91 Å². The van der Waals surface area contributed by atoms with Crippen molar-refractivity contribution in [1.29, 1.82) is 0 Å². The molecule has 0 saturated carbocycles. The highest BCUT2D eigenvalue weighted by Crippen LogP contribution is 2.30. The summed E-state index contributed by atoms with van der Waals surface area (Å²) >= 11 is 1.60. The maximum Gasteiger partial charge on any atom is 0.236 e. The number of likely N-dealkylation sites (tertiary alicyclic amines) is 1. The normalized spacial score (nSPS) is 20.9. The molecule has 0 N–H and O–H groups in total. The molecule has 8 heteroatoms. The molecule has 3 aliphatic heterocycles. The molecule has 2 fully saturated rings. The molecule has 3 aromatic rings. The van der Waals surface area contributed by atoms with Gasteiger partial charge in [-0.15, -0.1) is 0 Å². The summed E-state index contributed by atoms with van der Waals surface area (Å²) < 4.78 is 6.02. The number of carbonyl (C=O) groups is 1. The third-order valence-electron chi connectivity index (χ3n) is 8.41. The summed E-state index contributed by atoms with van der Waals surface area (Å²) in [6.07, 6.45) is 2.16. The monoisotopic (exact) mass is 518 g/mol. The second kappa shape index (κ2) is 10.7. The van der Waals surface area contributed by atoms with Crippen molar-refractivity contribution in [2.24, 2.45) is 0 Å². The van der Waals surface area contributed by atoms with Crippen molar-refractivity contribution < 1.29 is 4.79 Å². The van der Waals surface area contributed by atoms with Crippen LogP contribution in [-0.2, 0) is 24.3 Å². The van der Waals surface area contributed by atoms with E-state index in [9.17, 15) is 4.79 Å². The minimum Gasteiger partial charge on any atom is -0.353 e. The molecular weight excluding hydrogens is 480 g/mol. The van der Waals surface area contributed by atoms with Crippen molar-refractivity contribution in [3.63, 3.8) is 0 Å². The lowest BCUT2D eigenvalue weighted by Crippen LogP contribution is -2.47. The van der Waals surface area contributed by atoms with Crippen LogP contribution in [0.1, 0.15) is 23.1 Å². The Kier molecular flexibility index (Phi) is 7.16. The number of hydrogen-bond acceptors (Lipinski definition) is 7. The van der Waals surface area contributed by atoms with Gasteiger partial charge in [0, 0.05) is 70.3 Å². The molecule has 2 aromatic carbocycles. The molecule has 1 aromatic heterocycles. The first-order valence-corrected chi connectivity index (χ1v) is 14.4. The summed E-state index contributed by atoms with van der Waals surface area (Å²) in [5.41, 5.74) is 4.19. The van der Waals surface area contributed by atoms with Crippen molar-refractivity contribution in [3.8, 4) is 0 Å². The van der Waals surface area contributed by atoms with Gasteiger partial charge in [-0.25, -0.2) is 0 Å². The number of carbonyl (C=O) groups excluding carboxylic acids is 1. The third-order valence-corrected chi connectivity index (χ3v) is 9.23. The van der Waals surface area contributed by atoms with Crippen molar-refractivity contribution in [2.75, 3.05) is 71.4 Å². The van der Waals surface area contributed by atoms with Gasteiger partial charge in [-0.05, 0) is 67.3 Å². The Morgan fingerprint density at radius 3 is 2.62 bits per heavy atom. The number of nitrogens with zero attached hydrogens (tertiary/aromatic N) is 6. The first kappa shape index (κ1) is 24.8. The van der Waals surface area contributed by atoms with E-state index in [2.05, 4.69) is 81.1 Å². The smallest absolute Gasteiger partial charge is 0.236 e. The predicted molar refractivity (Wildman–Crippen MR) is 151 cm³/mol. The fourth-order valence-electron chi connectivity index (χ4n) is 6.04. The van der Waals surface area contributed by atoms with Crippen molar-refractivity contribution >= 4 is 33.3 Å². The molecule has 0 spiro atoms. The maximum atomic E-state index is 12.9. The number of aromatic nitrogens is 1. The minimum absolute atomic E-state index is 0.280. The molecule has 1 atom stereocenters. The molecule has 7 nitrogen and oxygen atoms in total. The fourth-order valence-corrected chi connectivity index (χ4v) is 6.83. The number of likely N-dealkylation sites (N-methyl/N-ethyl adjacent to an activating group) is 1. The zero-order valence-electron chi connectivity index (χ0n) is 22.1. The number of benzene rings is 2. The Labute approximate surface area is 224 Å².